The van der Waals surface area contributed by atoms with Crippen LogP contribution in [-0.4, -0.2) is 21.8 Å². The molecule has 0 aliphatic heterocycles. The van der Waals surface area contributed by atoms with Crippen LogP contribution in [0.1, 0.15) is 10.4 Å². The van der Waals surface area contributed by atoms with Gasteiger partial charge in [0.15, 0.2) is 0 Å². The maximum atomic E-state index is 12.2. The smallest absolute Gasteiger partial charge is 0.326 e. The lowest BCUT2D eigenvalue weighted by Crippen LogP contribution is -2.34. The van der Waals surface area contributed by atoms with Gasteiger partial charge < -0.3 is 10.1 Å². The molecular weight excluding hydrogens is 480 g/mol. The molecule has 30 heavy (non-hydrogen) atoms. The van der Waals surface area contributed by atoms with E-state index in [0.717, 1.165) is 4.47 Å². The van der Waals surface area contributed by atoms with E-state index in [2.05, 4.69) is 26.2 Å². The van der Waals surface area contributed by atoms with Gasteiger partial charge in [0.05, 0.1) is 9.95 Å². The number of nitrogens with one attached hydrogen (secondary N) is 2. The zero-order valence-electron chi connectivity index (χ0n) is 15.0. The van der Waals surface area contributed by atoms with Gasteiger partial charge in [0.1, 0.15) is 11.3 Å². The zero-order valence-corrected chi connectivity index (χ0v) is 17.3. The molecule has 9 nitrogen and oxygen atoms in total. The maximum absolute atomic E-state index is 12.2. The van der Waals surface area contributed by atoms with Gasteiger partial charge in [-0.25, -0.2) is 9.78 Å². The molecule has 11 heteroatoms. The Bertz CT molecular complexity index is 1120. The largest absolute Gasteiger partial charge is 0.437 e. The molecule has 1 aromatic heterocycles. The number of nitro groups is 1. The number of nitro benzene ring substituents is 1. The SMILES string of the molecule is O=C(NC(=O)c1ccccc1[N+](=O)[O-])Nc1ccc(Oc2ccc(Br)cn2)c(Cl)c1. The summed E-state index contributed by atoms with van der Waals surface area (Å²) in [6.07, 6.45) is 1.57. The van der Waals surface area contributed by atoms with E-state index in [1.807, 2.05) is 5.32 Å². The molecule has 0 aliphatic carbocycles. The molecule has 0 aliphatic rings. The van der Waals surface area contributed by atoms with E-state index >= 15 is 0 Å². The molecule has 3 rings (SSSR count). The molecule has 2 aromatic carbocycles. The number of halogens is 2. The fourth-order valence-electron chi connectivity index (χ4n) is 2.35. The molecular formula is C19H12BrClN4O5. The number of hydrogen-bond donors (Lipinski definition) is 2. The van der Waals surface area contributed by atoms with Gasteiger partial charge >= 0.3 is 6.03 Å². The maximum Gasteiger partial charge on any atom is 0.326 e. The first-order valence-corrected chi connectivity index (χ1v) is 9.45. The quantitative estimate of drug-likeness (QED) is 0.375. The molecule has 2 N–H and O–H groups in total. The van der Waals surface area contributed by atoms with Crippen LogP contribution in [0, 0.1) is 10.1 Å². The van der Waals surface area contributed by atoms with Gasteiger partial charge in [0.25, 0.3) is 11.6 Å². The first kappa shape index (κ1) is 21.2. The Balaban J connectivity index is 1.65. The van der Waals surface area contributed by atoms with Crippen LogP contribution in [0.2, 0.25) is 5.02 Å². The normalized spacial score (nSPS) is 10.2. The van der Waals surface area contributed by atoms with Crippen LogP contribution < -0.4 is 15.4 Å². The molecule has 0 spiro atoms. The molecule has 152 valence electrons. The highest BCUT2D eigenvalue weighted by Crippen LogP contribution is 2.31. The number of anilines is 1. The van der Waals surface area contributed by atoms with E-state index in [9.17, 15) is 19.7 Å². The molecule has 0 saturated heterocycles. The number of para-hydroxylation sites is 1. The molecule has 3 aromatic rings. The summed E-state index contributed by atoms with van der Waals surface area (Å²) in [6.45, 7) is 0. The van der Waals surface area contributed by atoms with Crippen molar-refractivity contribution in [3.63, 3.8) is 0 Å². The van der Waals surface area contributed by atoms with Gasteiger partial charge in [0.2, 0.25) is 5.88 Å². The number of nitrogens with zero attached hydrogens (tertiary/aromatic N) is 2. The Labute approximate surface area is 183 Å². The standard InChI is InChI=1S/C19H12BrClN4O5/c20-11-5-8-17(22-10-11)30-16-7-6-12(9-14(16)21)23-19(27)24-18(26)13-3-1-2-4-15(13)25(28)29/h1-10H,(H2,23,24,26,27). The third kappa shape index (κ3) is 5.31. The fraction of sp³-hybridized carbons (Fsp3) is 0. The van der Waals surface area contributed by atoms with Gasteiger partial charge in [-0.2, -0.15) is 0 Å². The first-order chi connectivity index (χ1) is 14.3. The molecule has 1 heterocycles. The number of pyridine rings is 1. The number of carbonyl (C=O) groups is 2. The predicted molar refractivity (Wildman–Crippen MR) is 113 cm³/mol. The summed E-state index contributed by atoms with van der Waals surface area (Å²) in [5.41, 5.74) is -0.362. The average Bonchev–Trinajstić information content (AvgIpc) is 2.71. The van der Waals surface area contributed by atoms with E-state index in [1.165, 1.54) is 42.5 Å². The predicted octanol–water partition coefficient (Wildman–Crippen LogP) is 5.16. The Morgan fingerprint density at radius 2 is 1.90 bits per heavy atom. The lowest BCUT2D eigenvalue weighted by molar-refractivity contribution is -0.385. The topological polar surface area (TPSA) is 123 Å². The van der Waals surface area contributed by atoms with Crippen molar-refractivity contribution < 1.29 is 19.2 Å². The van der Waals surface area contributed by atoms with Crippen LogP contribution in [0.25, 0.3) is 0 Å². The highest BCUT2D eigenvalue weighted by molar-refractivity contribution is 9.10. The lowest BCUT2D eigenvalue weighted by atomic mass is 10.1. The van der Waals surface area contributed by atoms with Gasteiger partial charge in [0, 0.05) is 28.5 Å². The Kier molecular flexibility index (Phi) is 6.60. The van der Waals surface area contributed by atoms with Crippen molar-refractivity contribution in [2.24, 2.45) is 0 Å². The van der Waals surface area contributed by atoms with Crippen LogP contribution in [0.5, 0.6) is 11.6 Å². The summed E-state index contributed by atoms with van der Waals surface area (Å²) in [5, 5.41) is 15.7. The Hall–Kier alpha value is -3.50. The van der Waals surface area contributed by atoms with Crippen LogP contribution in [0.4, 0.5) is 16.2 Å². The number of benzene rings is 2. The third-order valence-electron chi connectivity index (χ3n) is 3.68. The summed E-state index contributed by atoms with van der Waals surface area (Å²) in [7, 11) is 0. The van der Waals surface area contributed by atoms with Gasteiger partial charge in [-0.05, 0) is 46.3 Å². The first-order valence-electron chi connectivity index (χ1n) is 8.28. The number of urea groups is 1. The number of carbonyl (C=O) groups excluding carboxylic acids is 2. The molecule has 3 amide bonds. The van der Waals surface area contributed by atoms with Crippen molar-refractivity contribution in [1.29, 1.82) is 0 Å². The molecule has 0 atom stereocenters. The number of hydrogen-bond acceptors (Lipinski definition) is 6. The summed E-state index contributed by atoms with van der Waals surface area (Å²) in [6, 6.07) is 12.3. The van der Waals surface area contributed by atoms with Crippen molar-refractivity contribution in [2.45, 2.75) is 0 Å². The summed E-state index contributed by atoms with van der Waals surface area (Å²) < 4.78 is 6.37. The van der Waals surface area contributed by atoms with Crippen molar-refractivity contribution in [3.8, 4) is 11.6 Å². The van der Waals surface area contributed by atoms with Gasteiger partial charge in [-0.3, -0.25) is 20.2 Å². The van der Waals surface area contributed by atoms with E-state index < -0.39 is 22.5 Å². The molecule has 0 saturated carbocycles. The minimum absolute atomic E-state index is 0.197. The number of rotatable bonds is 5. The molecule has 0 fully saturated rings. The van der Waals surface area contributed by atoms with Crippen LogP contribution in [-0.2, 0) is 0 Å². The third-order valence-corrected chi connectivity index (χ3v) is 4.44. The van der Waals surface area contributed by atoms with E-state index in [1.54, 1.807) is 18.3 Å². The van der Waals surface area contributed by atoms with E-state index in [4.69, 9.17) is 16.3 Å². The lowest BCUT2D eigenvalue weighted by Gasteiger charge is -2.10. The van der Waals surface area contributed by atoms with Crippen LogP contribution in [0.3, 0.4) is 0 Å². The second-order valence-electron chi connectivity index (χ2n) is 5.74. The molecule has 0 radical (unpaired) electrons. The highest BCUT2D eigenvalue weighted by atomic mass is 79.9. The highest BCUT2D eigenvalue weighted by Gasteiger charge is 2.21. The fourth-order valence-corrected chi connectivity index (χ4v) is 2.81. The van der Waals surface area contributed by atoms with Gasteiger partial charge in [-0.15, -0.1) is 0 Å². The number of ether oxygens (including phenoxy) is 1. The Morgan fingerprint density at radius 1 is 1.13 bits per heavy atom. The second-order valence-corrected chi connectivity index (χ2v) is 7.07. The number of amides is 3. The summed E-state index contributed by atoms with van der Waals surface area (Å²) in [5.74, 6) is -0.269. The zero-order chi connectivity index (χ0) is 21.7. The van der Waals surface area contributed by atoms with Crippen molar-refractivity contribution in [3.05, 3.63) is 86.0 Å². The van der Waals surface area contributed by atoms with Gasteiger partial charge in [-0.1, -0.05) is 23.7 Å². The molecule has 0 bridgehead atoms. The van der Waals surface area contributed by atoms with E-state index in [-0.39, 0.29) is 16.3 Å². The molecule has 0 unspecified atom stereocenters. The minimum Gasteiger partial charge on any atom is -0.437 e. The van der Waals surface area contributed by atoms with Crippen LogP contribution in [0.15, 0.2) is 65.3 Å². The van der Waals surface area contributed by atoms with Crippen molar-refractivity contribution >= 4 is 50.8 Å². The van der Waals surface area contributed by atoms with Crippen molar-refractivity contribution in [2.75, 3.05) is 5.32 Å². The average molecular weight is 492 g/mol. The monoisotopic (exact) mass is 490 g/mol. The number of aromatic nitrogens is 1. The minimum atomic E-state index is -0.910. The van der Waals surface area contributed by atoms with Crippen molar-refractivity contribution in [1.82, 2.24) is 10.3 Å². The summed E-state index contributed by atoms with van der Waals surface area (Å²) >= 11 is 9.45. The number of imide groups is 1. The summed E-state index contributed by atoms with van der Waals surface area (Å²) in [4.78, 5) is 38.7. The van der Waals surface area contributed by atoms with E-state index in [0.29, 0.717) is 11.6 Å². The van der Waals surface area contributed by atoms with Crippen LogP contribution >= 0.6 is 27.5 Å². The second kappa shape index (κ2) is 9.33. The Morgan fingerprint density at radius 3 is 2.57 bits per heavy atom.